The lowest BCUT2D eigenvalue weighted by molar-refractivity contribution is -0.674. The second kappa shape index (κ2) is 7.28. The molecule has 25 heavy (non-hydrogen) atoms. The Morgan fingerprint density at radius 2 is 1.88 bits per heavy atom. The van der Waals surface area contributed by atoms with E-state index in [1.165, 1.54) is 0 Å². The largest absolute Gasteiger partial charge is 0.462 e. The summed E-state index contributed by atoms with van der Waals surface area (Å²) >= 11 is 5.99. The molecule has 130 valence electrons. The van der Waals surface area contributed by atoms with Gasteiger partial charge in [-0.15, -0.1) is 0 Å². The Bertz CT molecular complexity index is 914. The molecule has 0 aliphatic rings. The SMILES string of the molecule is CCOC(=O)c1ccc2c(c1)n(Cc1ccc(Cl)cc1)c(C)[n+]2CC. The van der Waals surface area contributed by atoms with Crippen LogP contribution in [-0.4, -0.2) is 17.1 Å². The average Bonchev–Trinajstić information content (AvgIpc) is 2.88. The van der Waals surface area contributed by atoms with E-state index in [0.29, 0.717) is 12.2 Å². The van der Waals surface area contributed by atoms with Crippen LogP contribution >= 0.6 is 11.6 Å². The summed E-state index contributed by atoms with van der Waals surface area (Å²) in [6, 6.07) is 13.6. The van der Waals surface area contributed by atoms with Crippen LogP contribution in [0.3, 0.4) is 0 Å². The van der Waals surface area contributed by atoms with Crippen molar-refractivity contribution in [3.63, 3.8) is 0 Å². The van der Waals surface area contributed by atoms with Gasteiger partial charge in [0.25, 0.3) is 5.82 Å². The zero-order chi connectivity index (χ0) is 18.0. The zero-order valence-corrected chi connectivity index (χ0v) is 15.5. The Morgan fingerprint density at radius 1 is 1.16 bits per heavy atom. The van der Waals surface area contributed by atoms with E-state index >= 15 is 0 Å². The van der Waals surface area contributed by atoms with E-state index in [2.05, 4.69) is 23.0 Å². The number of ether oxygens (including phenoxy) is 1. The van der Waals surface area contributed by atoms with Crippen LogP contribution in [0.25, 0.3) is 11.0 Å². The van der Waals surface area contributed by atoms with Crippen molar-refractivity contribution in [2.24, 2.45) is 0 Å². The fourth-order valence-electron chi connectivity index (χ4n) is 3.17. The average molecular weight is 358 g/mol. The Balaban J connectivity index is 2.11. The van der Waals surface area contributed by atoms with Crippen LogP contribution in [0.1, 0.15) is 35.6 Å². The van der Waals surface area contributed by atoms with Crippen molar-refractivity contribution in [2.75, 3.05) is 6.61 Å². The summed E-state index contributed by atoms with van der Waals surface area (Å²) in [7, 11) is 0. The Morgan fingerprint density at radius 3 is 2.52 bits per heavy atom. The first-order valence-corrected chi connectivity index (χ1v) is 8.87. The Labute approximate surface area is 152 Å². The topological polar surface area (TPSA) is 35.1 Å². The number of hydrogen-bond donors (Lipinski definition) is 0. The number of esters is 1. The highest BCUT2D eigenvalue weighted by Gasteiger charge is 2.22. The number of hydrogen-bond acceptors (Lipinski definition) is 2. The quantitative estimate of drug-likeness (QED) is 0.508. The van der Waals surface area contributed by atoms with Gasteiger partial charge in [0.1, 0.15) is 6.54 Å². The summed E-state index contributed by atoms with van der Waals surface area (Å²) in [6.45, 7) is 8.00. The minimum absolute atomic E-state index is 0.288. The summed E-state index contributed by atoms with van der Waals surface area (Å²) in [5, 5.41) is 0.728. The Hall–Kier alpha value is -2.33. The van der Waals surface area contributed by atoms with Crippen molar-refractivity contribution in [2.45, 2.75) is 33.9 Å². The van der Waals surface area contributed by atoms with E-state index in [4.69, 9.17) is 16.3 Å². The molecule has 0 spiro atoms. The van der Waals surface area contributed by atoms with Crippen LogP contribution in [0, 0.1) is 6.92 Å². The number of imidazole rings is 1. The lowest BCUT2D eigenvalue weighted by Gasteiger charge is -2.03. The highest BCUT2D eigenvalue weighted by Crippen LogP contribution is 2.20. The number of fused-ring (bicyclic) bond motifs is 1. The number of benzene rings is 2. The number of rotatable bonds is 5. The number of carbonyl (C=O) groups is 1. The van der Waals surface area contributed by atoms with Crippen LogP contribution in [0.2, 0.25) is 5.02 Å². The van der Waals surface area contributed by atoms with Gasteiger partial charge in [-0.25, -0.2) is 13.9 Å². The molecule has 3 aromatic rings. The zero-order valence-electron chi connectivity index (χ0n) is 14.8. The number of nitrogens with zero attached hydrogens (tertiary/aromatic N) is 2. The number of carbonyl (C=O) groups excluding carboxylic acids is 1. The van der Waals surface area contributed by atoms with Crippen LogP contribution < -0.4 is 4.57 Å². The maximum atomic E-state index is 12.1. The van der Waals surface area contributed by atoms with Gasteiger partial charge in [-0.1, -0.05) is 23.7 Å². The molecule has 4 nitrogen and oxygen atoms in total. The predicted octanol–water partition coefficient (Wildman–Crippen LogP) is 4.14. The summed E-state index contributed by atoms with van der Waals surface area (Å²) in [5.74, 6) is 0.859. The van der Waals surface area contributed by atoms with E-state index in [0.717, 1.165) is 40.5 Å². The van der Waals surface area contributed by atoms with Gasteiger partial charge in [-0.3, -0.25) is 0 Å². The maximum Gasteiger partial charge on any atom is 0.338 e. The normalized spacial score (nSPS) is 11.0. The molecule has 0 bridgehead atoms. The lowest BCUT2D eigenvalue weighted by atomic mass is 10.2. The molecule has 5 heteroatoms. The molecule has 1 aromatic heterocycles. The van der Waals surface area contributed by atoms with Crippen LogP contribution in [0.4, 0.5) is 0 Å². The minimum Gasteiger partial charge on any atom is -0.462 e. The smallest absolute Gasteiger partial charge is 0.338 e. The van der Waals surface area contributed by atoms with Crippen LogP contribution in [0.5, 0.6) is 0 Å². The fourth-order valence-corrected chi connectivity index (χ4v) is 3.30. The van der Waals surface area contributed by atoms with Crippen molar-refractivity contribution < 1.29 is 14.1 Å². The van der Waals surface area contributed by atoms with Crippen molar-refractivity contribution in [1.29, 1.82) is 0 Å². The van der Waals surface area contributed by atoms with Gasteiger partial charge in [-0.2, -0.15) is 0 Å². The molecular weight excluding hydrogens is 336 g/mol. The number of aromatic nitrogens is 2. The van der Waals surface area contributed by atoms with E-state index in [1.54, 1.807) is 0 Å². The molecule has 0 aliphatic heterocycles. The van der Waals surface area contributed by atoms with Gasteiger partial charge in [0, 0.05) is 18.0 Å². The number of aryl methyl sites for hydroxylation is 1. The summed E-state index contributed by atoms with van der Waals surface area (Å²) in [6.07, 6.45) is 0. The standard InChI is InChI=1S/C20H22ClN2O2/c1-4-22-14(3)23(13-15-6-9-17(21)10-7-15)19-12-16(8-11-18(19)22)20(24)25-5-2/h6-12H,4-5,13H2,1-3H3/q+1. The van der Waals surface area contributed by atoms with Crippen molar-refractivity contribution >= 4 is 28.6 Å². The molecular formula is C20H22ClN2O2+. The molecule has 0 N–H and O–H groups in total. The first-order valence-electron chi connectivity index (χ1n) is 8.49. The third kappa shape index (κ3) is 3.40. The third-order valence-corrected chi connectivity index (χ3v) is 4.67. The summed E-state index contributed by atoms with van der Waals surface area (Å²) < 4.78 is 9.62. The molecule has 3 rings (SSSR count). The molecule has 2 aromatic carbocycles. The van der Waals surface area contributed by atoms with E-state index in [1.807, 2.05) is 49.4 Å². The fraction of sp³-hybridized carbons (Fsp3) is 0.300. The molecule has 0 saturated heterocycles. The second-order valence-electron chi connectivity index (χ2n) is 5.93. The third-order valence-electron chi connectivity index (χ3n) is 4.42. The van der Waals surface area contributed by atoms with E-state index in [-0.39, 0.29) is 5.97 Å². The maximum absolute atomic E-state index is 12.1. The van der Waals surface area contributed by atoms with Gasteiger partial charge in [0.05, 0.1) is 18.7 Å². The molecule has 0 radical (unpaired) electrons. The molecule has 0 atom stereocenters. The van der Waals surface area contributed by atoms with Crippen LogP contribution in [-0.2, 0) is 17.8 Å². The molecule has 0 amide bonds. The monoisotopic (exact) mass is 357 g/mol. The predicted molar refractivity (Wildman–Crippen MR) is 99.1 cm³/mol. The molecule has 0 saturated carbocycles. The first-order chi connectivity index (χ1) is 12.0. The lowest BCUT2D eigenvalue weighted by Crippen LogP contribution is -2.35. The molecule has 0 fully saturated rings. The van der Waals surface area contributed by atoms with Gasteiger partial charge in [0.2, 0.25) is 0 Å². The minimum atomic E-state index is -0.288. The summed E-state index contributed by atoms with van der Waals surface area (Å²) in [4.78, 5) is 12.1. The molecule has 0 unspecified atom stereocenters. The first kappa shape index (κ1) is 17.5. The number of halogens is 1. The summed E-state index contributed by atoms with van der Waals surface area (Å²) in [5.41, 5.74) is 3.88. The van der Waals surface area contributed by atoms with E-state index in [9.17, 15) is 4.79 Å². The highest BCUT2D eigenvalue weighted by atomic mass is 35.5. The molecule has 0 aliphatic carbocycles. The van der Waals surface area contributed by atoms with Gasteiger partial charge in [0.15, 0.2) is 11.0 Å². The van der Waals surface area contributed by atoms with Crippen molar-refractivity contribution in [3.8, 4) is 0 Å². The van der Waals surface area contributed by atoms with E-state index < -0.39 is 0 Å². The van der Waals surface area contributed by atoms with Gasteiger partial charge in [-0.05, 0) is 43.7 Å². The van der Waals surface area contributed by atoms with Gasteiger partial charge < -0.3 is 4.74 Å². The van der Waals surface area contributed by atoms with Crippen molar-refractivity contribution in [1.82, 2.24) is 4.57 Å². The highest BCUT2D eigenvalue weighted by molar-refractivity contribution is 6.30. The van der Waals surface area contributed by atoms with Gasteiger partial charge >= 0.3 is 5.97 Å². The van der Waals surface area contributed by atoms with Crippen LogP contribution in [0.15, 0.2) is 42.5 Å². The second-order valence-corrected chi connectivity index (χ2v) is 6.36. The van der Waals surface area contributed by atoms with Crippen molar-refractivity contribution in [3.05, 3.63) is 64.4 Å². The molecule has 1 heterocycles. The Kier molecular flexibility index (Phi) is 5.09.